The van der Waals surface area contributed by atoms with Gasteiger partial charge in [-0.3, -0.25) is 0 Å². The van der Waals surface area contributed by atoms with Crippen LogP contribution >= 0.6 is 0 Å². The number of para-hydroxylation sites is 4. The number of nitrogens with zero attached hydrogens (tertiary/aromatic N) is 4. The molecule has 6 nitrogen and oxygen atoms in total. The molecule has 8 heteroatoms. The first kappa shape index (κ1) is 45.7. The summed E-state index contributed by atoms with van der Waals surface area (Å²) in [4.78, 5) is 9.62. The second-order valence-electron chi connectivity index (χ2n) is 21.2. The van der Waals surface area contributed by atoms with Gasteiger partial charge in [0.1, 0.15) is 23.0 Å². The summed E-state index contributed by atoms with van der Waals surface area (Å²) in [5.41, 5.74) is 24.5. The van der Waals surface area contributed by atoms with Crippen LogP contribution in [0.2, 0.25) is 0 Å². The van der Waals surface area contributed by atoms with E-state index < -0.39 is 0 Å². The van der Waals surface area contributed by atoms with Crippen LogP contribution in [-0.4, -0.2) is 13.4 Å². The molecule has 0 unspecified atom stereocenters. The Hall–Kier alpha value is -9.65. The molecular formula is C70H52B2N4O2. The van der Waals surface area contributed by atoms with Crippen LogP contribution < -0.4 is 61.9 Å². The fourth-order valence-corrected chi connectivity index (χ4v) is 12.7. The normalized spacial score (nSPS) is 13.0. The van der Waals surface area contributed by atoms with Gasteiger partial charge in [0, 0.05) is 75.1 Å². The van der Waals surface area contributed by atoms with Gasteiger partial charge in [-0.2, -0.15) is 0 Å². The highest BCUT2D eigenvalue weighted by molar-refractivity contribution is 7.02. The maximum atomic E-state index is 7.64. The van der Waals surface area contributed by atoms with E-state index in [0.717, 1.165) is 119 Å². The van der Waals surface area contributed by atoms with Crippen LogP contribution in [0.4, 0.5) is 68.2 Å². The third-order valence-corrected chi connectivity index (χ3v) is 16.0. The van der Waals surface area contributed by atoms with E-state index in [1.165, 1.54) is 27.6 Å². The van der Waals surface area contributed by atoms with Gasteiger partial charge < -0.3 is 29.1 Å². The average molecular weight is 1000 g/mol. The second-order valence-corrected chi connectivity index (χ2v) is 21.2. The number of anilines is 12. The van der Waals surface area contributed by atoms with E-state index in [0.29, 0.717) is 0 Å². The Balaban J connectivity index is 1.01. The van der Waals surface area contributed by atoms with Gasteiger partial charge >= 0.3 is 0 Å². The van der Waals surface area contributed by atoms with Gasteiger partial charge in [-0.15, -0.1) is 0 Å². The number of aryl methyl sites for hydroxylation is 4. The Labute approximate surface area is 456 Å². The van der Waals surface area contributed by atoms with E-state index in [4.69, 9.17) is 9.47 Å². The fourth-order valence-electron chi connectivity index (χ4n) is 12.7. The maximum Gasteiger partial charge on any atom is 0.256 e. The topological polar surface area (TPSA) is 31.4 Å². The van der Waals surface area contributed by atoms with Crippen molar-refractivity contribution in [3.8, 4) is 23.0 Å². The van der Waals surface area contributed by atoms with Gasteiger partial charge in [0.05, 0.1) is 11.4 Å². The van der Waals surface area contributed by atoms with Crippen molar-refractivity contribution in [3.63, 3.8) is 0 Å². The Kier molecular flexibility index (Phi) is 10.5. The molecule has 0 atom stereocenters. The standard InChI is InChI=1S/C70H52B2N4O2/c1-45-19-17-29-53(35-45)73(49-21-9-5-10-22-49)55-39-63-69-67(41-55)78-66-44-62-59(43-60(66)71(69)57-33-31-47(3)37-61(57)75(63)51-25-13-7-14-26-51)72-58-34-32-48(4)38-65(58)77-68-42-56(40-64(70(68)72)76(62)52-27-15-8-16-28-52)74(50-23-11-6-12-24-50)54-30-18-20-46(2)36-54/h5-44H,1-4H3. The second kappa shape index (κ2) is 18.0. The van der Waals surface area contributed by atoms with Crippen molar-refractivity contribution in [3.05, 3.63) is 265 Å². The number of benzene rings is 11. The lowest BCUT2D eigenvalue weighted by atomic mass is 9.31. The Morgan fingerprint density at radius 3 is 1.22 bits per heavy atom. The number of hydrogen-bond donors (Lipinski definition) is 0. The fraction of sp³-hybridized carbons (Fsp3) is 0.0571. The van der Waals surface area contributed by atoms with E-state index in [1.54, 1.807) is 0 Å². The van der Waals surface area contributed by atoms with Crippen molar-refractivity contribution in [2.45, 2.75) is 27.7 Å². The molecule has 0 saturated heterocycles. The summed E-state index contributed by atoms with van der Waals surface area (Å²) in [6.45, 7) is 8.36. The van der Waals surface area contributed by atoms with Crippen LogP contribution in [0.5, 0.6) is 23.0 Å². The summed E-state index contributed by atoms with van der Waals surface area (Å²) in [6.07, 6.45) is 0. The molecule has 0 bridgehead atoms. The van der Waals surface area contributed by atoms with Crippen molar-refractivity contribution in [2.75, 3.05) is 19.6 Å². The lowest BCUT2D eigenvalue weighted by Gasteiger charge is -2.44. The minimum atomic E-state index is -0.156. The summed E-state index contributed by atoms with van der Waals surface area (Å²) < 4.78 is 14.9. The molecule has 0 saturated carbocycles. The minimum Gasteiger partial charge on any atom is -0.458 e. The minimum absolute atomic E-state index is 0.155. The highest BCUT2D eigenvalue weighted by atomic mass is 16.5. The zero-order valence-corrected chi connectivity index (χ0v) is 43.9. The third kappa shape index (κ3) is 7.35. The number of ether oxygens (including phenoxy) is 2. The first-order chi connectivity index (χ1) is 38.3. The van der Waals surface area contributed by atoms with Crippen molar-refractivity contribution in [1.82, 2.24) is 0 Å². The molecule has 0 aliphatic carbocycles. The molecule has 370 valence electrons. The molecule has 78 heavy (non-hydrogen) atoms. The molecule has 0 fully saturated rings. The van der Waals surface area contributed by atoms with Crippen LogP contribution in [0, 0.1) is 27.7 Å². The number of rotatable bonds is 8. The summed E-state index contributed by atoms with van der Waals surface area (Å²) in [6, 6.07) is 88.3. The Bertz CT molecular complexity index is 4190. The summed E-state index contributed by atoms with van der Waals surface area (Å²) in [5, 5.41) is 0. The van der Waals surface area contributed by atoms with Crippen LogP contribution in [-0.2, 0) is 0 Å². The number of hydrogen-bond acceptors (Lipinski definition) is 6. The molecule has 4 aliphatic heterocycles. The van der Waals surface area contributed by atoms with Gasteiger partial charge in [0.25, 0.3) is 13.4 Å². The van der Waals surface area contributed by atoms with Crippen LogP contribution in [0.1, 0.15) is 22.3 Å². The molecule has 0 amide bonds. The zero-order valence-electron chi connectivity index (χ0n) is 43.9. The van der Waals surface area contributed by atoms with E-state index in [-0.39, 0.29) is 13.4 Å². The van der Waals surface area contributed by atoms with Crippen molar-refractivity contribution in [1.29, 1.82) is 0 Å². The lowest BCUT2D eigenvalue weighted by Crippen LogP contribution is -2.63. The van der Waals surface area contributed by atoms with Gasteiger partial charge in [-0.05, 0) is 180 Å². The molecule has 11 aromatic carbocycles. The van der Waals surface area contributed by atoms with E-state index in [2.05, 4.69) is 290 Å². The average Bonchev–Trinajstić information content (AvgIpc) is 2.60. The summed E-state index contributed by atoms with van der Waals surface area (Å²) in [7, 11) is 0. The predicted octanol–water partition coefficient (Wildman–Crippen LogP) is 14.7. The number of fused-ring (bicyclic) bond motifs is 8. The first-order valence-corrected chi connectivity index (χ1v) is 27.0. The van der Waals surface area contributed by atoms with Crippen molar-refractivity contribution in [2.24, 2.45) is 0 Å². The molecule has 0 N–H and O–H groups in total. The van der Waals surface area contributed by atoms with Crippen molar-refractivity contribution < 1.29 is 9.47 Å². The molecule has 0 aromatic heterocycles. The van der Waals surface area contributed by atoms with Crippen molar-refractivity contribution >= 4 is 114 Å². The molecular weight excluding hydrogens is 950 g/mol. The van der Waals surface area contributed by atoms with E-state index in [1.807, 2.05) is 0 Å². The quantitative estimate of drug-likeness (QED) is 0.141. The van der Waals surface area contributed by atoms with Gasteiger partial charge in [-0.25, -0.2) is 0 Å². The van der Waals surface area contributed by atoms with E-state index >= 15 is 0 Å². The molecule has 4 heterocycles. The maximum absolute atomic E-state index is 7.64. The van der Waals surface area contributed by atoms with Gasteiger partial charge in [-0.1, -0.05) is 127 Å². The smallest absolute Gasteiger partial charge is 0.256 e. The predicted molar refractivity (Wildman–Crippen MR) is 326 cm³/mol. The summed E-state index contributed by atoms with van der Waals surface area (Å²) in [5.74, 6) is 3.38. The van der Waals surface area contributed by atoms with Crippen LogP contribution in [0.15, 0.2) is 243 Å². The van der Waals surface area contributed by atoms with Crippen LogP contribution in [0.3, 0.4) is 0 Å². The molecule has 0 spiro atoms. The molecule has 0 radical (unpaired) electrons. The van der Waals surface area contributed by atoms with Crippen LogP contribution in [0.25, 0.3) is 0 Å². The van der Waals surface area contributed by atoms with Gasteiger partial charge in [0.15, 0.2) is 0 Å². The SMILES string of the molecule is Cc1cccc(N(c2ccccc2)c2cc3c4c(c2)N(c2ccccc2)c2cc(C)ccc2B4c2cc4c(cc2O3)N(c2ccccc2)c2cc(N(c3ccccc3)c3cccc(C)c3)cc3c2B4c2ccc(C)cc2O3)c1. The van der Waals surface area contributed by atoms with Gasteiger partial charge in [0.2, 0.25) is 0 Å². The first-order valence-electron chi connectivity index (χ1n) is 27.0. The highest BCUT2D eigenvalue weighted by Gasteiger charge is 2.47. The zero-order chi connectivity index (χ0) is 52.2. The molecule has 11 aromatic rings. The monoisotopic (exact) mass is 1000 g/mol. The molecule has 15 rings (SSSR count). The summed E-state index contributed by atoms with van der Waals surface area (Å²) >= 11 is 0. The van der Waals surface area contributed by atoms with E-state index in [9.17, 15) is 0 Å². The Morgan fingerprint density at radius 1 is 0.282 bits per heavy atom. The largest absolute Gasteiger partial charge is 0.458 e. The third-order valence-electron chi connectivity index (χ3n) is 16.0. The Morgan fingerprint density at radius 2 is 0.705 bits per heavy atom. The highest BCUT2D eigenvalue weighted by Crippen LogP contribution is 2.50. The molecule has 4 aliphatic rings. The lowest BCUT2D eigenvalue weighted by molar-refractivity contribution is 0.487.